The van der Waals surface area contributed by atoms with Crippen LogP contribution in [-0.2, 0) is 5.41 Å². The van der Waals surface area contributed by atoms with Crippen molar-refractivity contribution in [3.63, 3.8) is 0 Å². The van der Waals surface area contributed by atoms with Crippen molar-refractivity contribution < 1.29 is 5.11 Å². The maximum Gasteiger partial charge on any atom is 0.104 e. The van der Waals surface area contributed by atoms with Crippen molar-refractivity contribution in [3.8, 4) is 0 Å². The zero-order valence-corrected chi connectivity index (χ0v) is 12.3. The van der Waals surface area contributed by atoms with Gasteiger partial charge in [0, 0.05) is 5.02 Å². The summed E-state index contributed by atoms with van der Waals surface area (Å²) in [4.78, 5) is 0. The van der Waals surface area contributed by atoms with Gasteiger partial charge < -0.3 is 5.11 Å². The van der Waals surface area contributed by atoms with E-state index >= 15 is 0 Å². The zero-order chi connectivity index (χ0) is 14.0. The third kappa shape index (κ3) is 3.17. The number of hydrogen-bond acceptors (Lipinski definition) is 1. The van der Waals surface area contributed by atoms with Crippen LogP contribution in [0.15, 0.2) is 48.5 Å². The highest BCUT2D eigenvalue weighted by Crippen LogP contribution is 2.33. The second-order valence-electron chi connectivity index (χ2n) is 5.79. The molecule has 100 valence electrons. The van der Waals surface area contributed by atoms with E-state index in [0.29, 0.717) is 5.02 Å². The Morgan fingerprint density at radius 3 is 2.32 bits per heavy atom. The summed E-state index contributed by atoms with van der Waals surface area (Å²) in [5, 5.41) is 11.2. The average molecular weight is 275 g/mol. The molecule has 2 aromatic rings. The van der Waals surface area contributed by atoms with Gasteiger partial charge in [0.2, 0.25) is 0 Å². The molecule has 19 heavy (non-hydrogen) atoms. The summed E-state index contributed by atoms with van der Waals surface area (Å²) in [7, 11) is 0. The Morgan fingerprint density at radius 1 is 1.00 bits per heavy atom. The van der Waals surface area contributed by atoms with Gasteiger partial charge in [-0.2, -0.15) is 0 Å². The van der Waals surface area contributed by atoms with Crippen LogP contribution in [0.1, 0.15) is 43.6 Å². The molecule has 0 aliphatic carbocycles. The van der Waals surface area contributed by atoms with E-state index in [-0.39, 0.29) is 5.41 Å². The summed E-state index contributed by atoms with van der Waals surface area (Å²) >= 11 is 5.99. The Kier molecular flexibility index (Phi) is 3.98. The summed E-state index contributed by atoms with van der Waals surface area (Å²) in [6.45, 7) is 6.45. The minimum absolute atomic E-state index is 0.00382. The quantitative estimate of drug-likeness (QED) is 0.840. The molecule has 2 aromatic carbocycles. The lowest BCUT2D eigenvalue weighted by molar-refractivity contribution is 0.217. The second-order valence-corrected chi connectivity index (χ2v) is 6.23. The molecule has 0 aromatic heterocycles. The van der Waals surface area contributed by atoms with E-state index in [1.54, 1.807) is 0 Å². The fraction of sp³-hybridized carbons (Fsp3) is 0.294. The van der Waals surface area contributed by atoms with Crippen LogP contribution in [0.4, 0.5) is 0 Å². The van der Waals surface area contributed by atoms with Crippen LogP contribution in [0.5, 0.6) is 0 Å². The first-order chi connectivity index (χ1) is 8.89. The van der Waals surface area contributed by atoms with E-state index in [9.17, 15) is 5.11 Å². The number of benzene rings is 2. The van der Waals surface area contributed by atoms with Crippen LogP contribution in [0, 0.1) is 0 Å². The van der Waals surface area contributed by atoms with Gasteiger partial charge in [0.05, 0.1) is 0 Å². The van der Waals surface area contributed by atoms with Gasteiger partial charge >= 0.3 is 0 Å². The third-order valence-corrected chi connectivity index (χ3v) is 3.46. The van der Waals surface area contributed by atoms with Crippen LogP contribution >= 0.6 is 11.6 Å². The molecule has 0 radical (unpaired) electrons. The largest absolute Gasteiger partial charge is 0.384 e. The standard InChI is InChI=1S/C17H19ClO/c1-17(2,3)15-10-5-4-9-14(15)16(19)12-7-6-8-13(18)11-12/h4-11,16,19H,1-3H3. The first-order valence-electron chi connectivity index (χ1n) is 6.42. The van der Waals surface area contributed by atoms with E-state index in [1.807, 2.05) is 42.5 Å². The van der Waals surface area contributed by atoms with Crippen LogP contribution < -0.4 is 0 Å². The highest BCUT2D eigenvalue weighted by Gasteiger charge is 2.22. The van der Waals surface area contributed by atoms with Crippen LogP contribution in [0.2, 0.25) is 5.02 Å². The predicted molar refractivity (Wildman–Crippen MR) is 80.7 cm³/mol. The van der Waals surface area contributed by atoms with E-state index < -0.39 is 6.10 Å². The fourth-order valence-corrected chi connectivity index (χ4v) is 2.47. The van der Waals surface area contributed by atoms with Crippen molar-refractivity contribution in [2.45, 2.75) is 32.3 Å². The van der Waals surface area contributed by atoms with Gasteiger partial charge in [-0.1, -0.05) is 68.8 Å². The molecular weight excluding hydrogens is 256 g/mol. The molecule has 1 unspecified atom stereocenters. The van der Waals surface area contributed by atoms with Crippen LogP contribution in [-0.4, -0.2) is 5.11 Å². The highest BCUT2D eigenvalue weighted by atomic mass is 35.5. The Morgan fingerprint density at radius 2 is 1.68 bits per heavy atom. The summed E-state index contributed by atoms with van der Waals surface area (Å²) in [5.41, 5.74) is 2.92. The van der Waals surface area contributed by atoms with Gasteiger partial charge in [-0.3, -0.25) is 0 Å². The molecule has 2 heteroatoms. The van der Waals surface area contributed by atoms with Gasteiger partial charge in [-0.25, -0.2) is 0 Å². The van der Waals surface area contributed by atoms with Gasteiger partial charge in [-0.05, 0) is 34.2 Å². The third-order valence-electron chi connectivity index (χ3n) is 3.23. The molecule has 0 amide bonds. The average Bonchev–Trinajstić information content (AvgIpc) is 2.37. The predicted octanol–water partition coefficient (Wildman–Crippen LogP) is 4.72. The Hall–Kier alpha value is -1.31. The lowest BCUT2D eigenvalue weighted by Gasteiger charge is -2.25. The molecule has 0 heterocycles. The molecule has 1 atom stereocenters. The van der Waals surface area contributed by atoms with Gasteiger partial charge in [0.25, 0.3) is 0 Å². The molecule has 1 nitrogen and oxygen atoms in total. The van der Waals surface area contributed by atoms with Crippen molar-refractivity contribution in [2.75, 3.05) is 0 Å². The molecule has 0 aliphatic heterocycles. The van der Waals surface area contributed by atoms with Gasteiger partial charge in [0.1, 0.15) is 6.10 Å². The summed E-state index contributed by atoms with van der Waals surface area (Å²) < 4.78 is 0. The SMILES string of the molecule is CC(C)(C)c1ccccc1C(O)c1cccc(Cl)c1. The van der Waals surface area contributed by atoms with Crippen molar-refractivity contribution in [3.05, 3.63) is 70.2 Å². The molecule has 2 rings (SSSR count). The second kappa shape index (κ2) is 5.36. The minimum atomic E-state index is -0.644. The number of aliphatic hydroxyl groups is 1. The number of hydrogen-bond donors (Lipinski definition) is 1. The van der Waals surface area contributed by atoms with Crippen LogP contribution in [0.3, 0.4) is 0 Å². The Bertz CT molecular complexity index is 569. The molecular formula is C17H19ClO. The number of aliphatic hydroxyl groups excluding tert-OH is 1. The molecule has 0 fully saturated rings. The normalized spacial score (nSPS) is 13.3. The van der Waals surface area contributed by atoms with Crippen molar-refractivity contribution >= 4 is 11.6 Å². The zero-order valence-electron chi connectivity index (χ0n) is 11.5. The Balaban J connectivity index is 2.48. The van der Waals surface area contributed by atoms with Crippen molar-refractivity contribution in [1.29, 1.82) is 0 Å². The first-order valence-corrected chi connectivity index (χ1v) is 6.80. The summed E-state index contributed by atoms with van der Waals surface area (Å²) in [6.07, 6.45) is -0.644. The summed E-state index contributed by atoms with van der Waals surface area (Å²) in [5.74, 6) is 0. The van der Waals surface area contributed by atoms with Crippen molar-refractivity contribution in [1.82, 2.24) is 0 Å². The molecule has 1 N–H and O–H groups in total. The lowest BCUT2D eigenvalue weighted by Crippen LogP contribution is -2.16. The minimum Gasteiger partial charge on any atom is -0.384 e. The fourth-order valence-electron chi connectivity index (χ4n) is 2.27. The Labute approximate surface area is 119 Å². The van der Waals surface area contributed by atoms with Crippen molar-refractivity contribution in [2.24, 2.45) is 0 Å². The molecule has 0 spiro atoms. The lowest BCUT2D eigenvalue weighted by atomic mass is 9.81. The topological polar surface area (TPSA) is 20.2 Å². The summed E-state index contributed by atoms with van der Waals surface area (Å²) in [6, 6.07) is 15.4. The molecule has 0 bridgehead atoms. The number of halogens is 1. The number of rotatable bonds is 2. The highest BCUT2D eigenvalue weighted by molar-refractivity contribution is 6.30. The first kappa shape index (κ1) is 14.1. The maximum atomic E-state index is 10.6. The molecule has 0 saturated carbocycles. The van der Waals surface area contributed by atoms with Gasteiger partial charge in [-0.15, -0.1) is 0 Å². The molecule has 0 saturated heterocycles. The van der Waals surface area contributed by atoms with E-state index in [2.05, 4.69) is 26.8 Å². The maximum absolute atomic E-state index is 10.6. The van der Waals surface area contributed by atoms with Gasteiger partial charge in [0.15, 0.2) is 0 Å². The van der Waals surface area contributed by atoms with E-state index in [1.165, 1.54) is 0 Å². The van der Waals surface area contributed by atoms with E-state index in [4.69, 9.17) is 11.6 Å². The monoisotopic (exact) mass is 274 g/mol. The smallest absolute Gasteiger partial charge is 0.104 e. The molecule has 0 aliphatic rings. The van der Waals surface area contributed by atoms with E-state index in [0.717, 1.165) is 16.7 Å². The van der Waals surface area contributed by atoms with Crippen LogP contribution in [0.25, 0.3) is 0 Å².